The summed E-state index contributed by atoms with van der Waals surface area (Å²) < 4.78 is 45.1. The van der Waals surface area contributed by atoms with Gasteiger partial charge in [-0.15, -0.1) is 0 Å². The minimum atomic E-state index is -4.00. The van der Waals surface area contributed by atoms with Crippen LogP contribution in [0.15, 0.2) is 12.1 Å². The van der Waals surface area contributed by atoms with Crippen molar-refractivity contribution in [3.05, 3.63) is 34.1 Å². The molecule has 1 saturated heterocycles. The summed E-state index contributed by atoms with van der Waals surface area (Å²) in [6.07, 6.45) is -2.46. The topological polar surface area (TPSA) is 46.3 Å². The molecule has 1 aromatic carbocycles. The van der Waals surface area contributed by atoms with E-state index in [1.165, 1.54) is 6.07 Å². The maximum Gasteiger partial charge on any atom is 0.386 e. The molecule has 0 unspecified atom stereocenters. The molecule has 1 aliphatic rings. The summed E-state index contributed by atoms with van der Waals surface area (Å²) in [7, 11) is 0. The lowest BCUT2D eigenvalue weighted by Gasteiger charge is -2.32. The zero-order chi connectivity index (χ0) is 18.5. The summed E-state index contributed by atoms with van der Waals surface area (Å²) >= 11 is 5.84. The molecule has 0 aliphatic carbocycles. The standard InChI is InChI=1S/C14H18ClFN2O.C2H3F3/c1-9-6-11(15)7-12(16)14(9)10-2-4-18(5-3-10)13(19)8-17;1-2(3,4)5/h6-7,10H,2-5,8,17H2,1H3;1H3. The Morgan fingerprint density at radius 2 is 1.83 bits per heavy atom. The largest absolute Gasteiger partial charge is 0.386 e. The molecular weight excluding hydrogens is 348 g/mol. The second-order valence-electron chi connectivity index (χ2n) is 5.76. The van der Waals surface area contributed by atoms with E-state index in [0.29, 0.717) is 18.1 Å². The second-order valence-corrected chi connectivity index (χ2v) is 6.20. The van der Waals surface area contributed by atoms with Crippen LogP contribution in [0.3, 0.4) is 0 Å². The van der Waals surface area contributed by atoms with Crippen molar-refractivity contribution in [2.24, 2.45) is 5.73 Å². The highest BCUT2D eigenvalue weighted by Gasteiger charge is 2.26. The minimum Gasteiger partial charge on any atom is -0.342 e. The van der Waals surface area contributed by atoms with Crippen LogP contribution in [0.2, 0.25) is 5.02 Å². The third-order valence-electron chi connectivity index (χ3n) is 3.73. The van der Waals surface area contributed by atoms with E-state index in [0.717, 1.165) is 24.0 Å². The van der Waals surface area contributed by atoms with Gasteiger partial charge in [-0.25, -0.2) is 4.39 Å². The fourth-order valence-electron chi connectivity index (χ4n) is 2.78. The molecule has 24 heavy (non-hydrogen) atoms. The molecule has 1 fully saturated rings. The SMILES string of the molecule is CC(F)(F)F.Cc1cc(Cl)cc(F)c1C1CCN(C(=O)CN)CC1. The Hall–Kier alpha value is -1.34. The molecule has 0 saturated carbocycles. The van der Waals surface area contributed by atoms with Crippen LogP contribution in [0.5, 0.6) is 0 Å². The van der Waals surface area contributed by atoms with Crippen LogP contribution in [-0.2, 0) is 4.79 Å². The van der Waals surface area contributed by atoms with Crippen molar-refractivity contribution in [1.29, 1.82) is 0 Å². The van der Waals surface area contributed by atoms with Gasteiger partial charge in [0.2, 0.25) is 5.91 Å². The molecule has 8 heteroatoms. The van der Waals surface area contributed by atoms with Crippen LogP contribution in [-0.4, -0.2) is 36.6 Å². The molecule has 1 heterocycles. The van der Waals surface area contributed by atoms with Crippen molar-refractivity contribution in [3.8, 4) is 0 Å². The highest BCUT2D eigenvalue weighted by molar-refractivity contribution is 6.30. The third kappa shape index (κ3) is 6.65. The Morgan fingerprint density at radius 1 is 1.33 bits per heavy atom. The number of hydrogen-bond acceptors (Lipinski definition) is 2. The predicted octanol–water partition coefficient (Wildman–Crippen LogP) is 4.02. The molecule has 2 rings (SSSR count). The van der Waals surface area contributed by atoms with Crippen LogP contribution < -0.4 is 5.73 Å². The van der Waals surface area contributed by atoms with Gasteiger partial charge in [0.25, 0.3) is 0 Å². The van der Waals surface area contributed by atoms with Gasteiger partial charge >= 0.3 is 6.18 Å². The maximum atomic E-state index is 14.0. The van der Waals surface area contributed by atoms with E-state index in [9.17, 15) is 22.4 Å². The molecule has 1 aromatic rings. The van der Waals surface area contributed by atoms with E-state index >= 15 is 0 Å². The lowest BCUT2D eigenvalue weighted by atomic mass is 9.86. The molecular formula is C16H21ClF4N2O. The van der Waals surface area contributed by atoms with Gasteiger partial charge in [-0.3, -0.25) is 4.79 Å². The number of rotatable bonds is 2. The number of nitrogens with zero attached hydrogens (tertiary/aromatic N) is 1. The molecule has 0 aromatic heterocycles. The summed E-state index contributed by atoms with van der Waals surface area (Å²) in [4.78, 5) is 13.2. The first-order valence-electron chi connectivity index (χ1n) is 7.53. The van der Waals surface area contributed by atoms with Crippen LogP contribution in [0, 0.1) is 12.7 Å². The van der Waals surface area contributed by atoms with Crippen molar-refractivity contribution in [2.75, 3.05) is 19.6 Å². The van der Waals surface area contributed by atoms with E-state index < -0.39 is 6.18 Å². The predicted molar refractivity (Wildman–Crippen MR) is 85.5 cm³/mol. The first kappa shape index (κ1) is 20.7. The number of aryl methyl sites for hydroxylation is 1. The number of carbonyl (C=O) groups excluding carboxylic acids is 1. The Kier molecular flexibility index (Phi) is 7.48. The van der Waals surface area contributed by atoms with E-state index in [-0.39, 0.29) is 31.1 Å². The van der Waals surface area contributed by atoms with Crippen LogP contribution >= 0.6 is 11.6 Å². The van der Waals surface area contributed by atoms with E-state index in [4.69, 9.17) is 17.3 Å². The van der Waals surface area contributed by atoms with Gasteiger partial charge in [0.15, 0.2) is 0 Å². The van der Waals surface area contributed by atoms with Crippen molar-refractivity contribution in [1.82, 2.24) is 4.90 Å². The molecule has 0 bridgehead atoms. The maximum absolute atomic E-state index is 14.0. The summed E-state index contributed by atoms with van der Waals surface area (Å²) in [6.45, 7) is 3.39. The number of piperidine rings is 1. The number of likely N-dealkylation sites (tertiary alicyclic amines) is 1. The molecule has 3 nitrogen and oxygen atoms in total. The lowest BCUT2D eigenvalue weighted by Crippen LogP contribution is -2.41. The molecule has 0 spiro atoms. The second kappa shape index (κ2) is 8.67. The highest BCUT2D eigenvalue weighted by atomic mass is 35.5. The fourth-order valence-corrected chi connectivity index (χ4v) is 3.04. The monoisotopic (exact) mass is 368 g/mol. The van der Waals surface area contributed by atoms with Crippen molar-refractivity contribution in [3.63, 3.8) is 0 Å². The van der Waals surface area contributed by atoms with Gasteiger partial charge in [0, 0.05) is 25.0 Å². The van der Waals surface area contributed by atoms with Crippen molar-refractivity contribution < 1.29 is 22.4 Å². The van der Waals surface area contributed by atoms with Gasteiger partial charge in [0.1, 0.15) is 5.82 Å². The molecule has 1 aliphatic heterocycles. The summed E-state index contributed by atoms with van der Waals surface area (Å²) in [5.74, 6) is -0.126. The van der Waals surface area contributed by atoms with Crippen molar-refractivity contribution in [2.45, 2.75) is 38.8 Å². The normalized spacial score (nSPS) is 15.8. The molecule has 1 amide bonds. The Bertz CT molecular complexity index is 541. The number of hydrogen-bond donors (Lipinski definition) is 1. The summed E-state index contributed by atoms with van der Waals surface area (Å²) in [5, 5.41) is 0.425. The summed E-state index contributed by atoms with van der Waals surface area (Å²) in [6, 6.07) is 3.15. The van der Waals surface area contributed by atoms with E-state index in [2.05, 4.69) is 0 Å². The van der Waals surface area contributed by atoms with Gasteiger partial charge in [-0.2, -0.15) is 13.2 Å². The van der Waals surface area contributed by atoms with Crippen LogP contribution in [0.4, 0.5) is 17.6 Å². The molecule has 0 atom stereocenters. The van der Waals surface area contributed by atoms with E-state index in [1.807, 2.05) is 6.92 Å². The number of nitrogens with two attached hydrogens (primary N) is 1. The third-order valence-corrected chi connectivity index (χ3v) is 3.95. The molecule has 2 N–H and O–H groups in total. The zero-order valence-electron chi connectivity index (χ0n) is 13.6. The quantitative estimate of drug-likeness (QED) is 0.801. The first-order chi connectivity index (χ1) is 11.0. The van der Waals surface area contributed by atoms with Crippen molar-refractivity contribution >= 4 is 17.5 Å². The minimum absolute atomic E-state index is 0.0354. The molecule has 0 radical (unpaired) electrons. The smallest absolute Gasteiger partial charge is 0.342 e. The first-order valence-corrected chi connectivity index (χ1v) is 7.90. The fraction of sp³-hybridized carbons (Fsp3) is 0.562. The number of benzene rings is 1. The number of halogens is 5. The molecule has 136 valence electrons. The van der Waals surface area contributed by atoms with Gasteiger partial charge in [-0.1, -0.05) is 11.6 Å². The average Bonchev–Trinajstić information content (AvgIpc) is 2.44. The Balaban J connectivity index is 0.000000505. The van der Waals surface area contributed by atoms with Crippen LogP contribution in [0.1, 0.15) is 36.8 Å². The lowest BCUT2D eigenvalue weighted by molar-refractivity contribution is -0.130. The van der Waals surface area contributed by atoms with Crippen LogP contribution in [0.25, 0.3) is 0 Å². The Labute approximate surface area is 143 Å². The summed E-state index contributed by atoms with van der Waals surface area (Å²) in [5.41, 5.74) is 6.97. The zero-order valence-corrected chi connectivity index (χ0v) is 14.3. The van der Waals surface area contributed by atoms with Gasteiger partial charge in [-0.05, 0) is 48.9 Å². The number of alkyl halides is 3. The average molecular weight is 369 g/mol. The van der Waals surface area contributed by atoms with Gasteiger partial charge in [0.05, 0.1) is 6.54 Å². The number of amides is 1. The van der Waals surface area contributed by atoms with E-state index in [1.54, 1.807) is 11.0 Å². The Morgan fingerprint density at radius 3 is 2.25 bits per heavy atom. The highest BCUT2D eigenvalue weighted by Crippen LogP contribution is 2.33. The number of carbonyl (C=O) groups is 1. The van der Waals surface area contributed by atoms with Gasteiger partial charge < -0.3 is 10.6 Å².